The molecule has 0 N–H and O–H groups in total. The quantitative estimate of drug-likeness (QED) is 0.583. The first-order valence-electron chi connectivity index (χ1n) is 12.5. The minimum atomic E-state index is -0.0277. The molecule has 1 aromatic carbocycles. The van der Waals surface area contributed by atoms with Crippen molar-refractivity contribution in [2.45, 2.75) is 52.7 Å². The summed E-state index contributed by atoms with van der Waals surface area (Å²) in [6, 6.07) is 8.02. The first-order valence-corrected chi connectivity index (χ1v) is 12.9. The van der Waals surface area contributed by atoms with Crippen molar-refractivity contribution in [3.05, 3.63) is 46.1 Å². The Balaban J connectivity index is 1.52. The molecule has 2 amide bonds. The number of hydrogen-bond donors (Lipinski definition) is 0. The van der Waals surface area contributed by atoms with Crippen LogP contribution >= 0.6 is 11.6 Å². The van der Waals surface area contributed by atoms with Crippen molar-refractivity contribution < 1.29 is 9.59 Å². The van der Waals surface area contributed by atoms with Gasteiger partial charge in [0.15, 0.2) is 0 Å². The zero-order chi connectivity index (χ0) is 24.7. The molecule has 0 radical (unpaired) electrons. The van der Waals surface area contributed by atoms with Crippen molar-refractivity contribution in [1.82, 2.24) is 19.8 Å². The number of benzene rings is 1. The number of anilines is 2. The third-order valence-corrected chi connectivity index (χ3v) is 7.41. The zero-order valence-electron chi connectivity index (χ0n) is 20.7. The van der Waals surface area contributed by atoms with E-state index in [0.717, 1.165) is 28.5 Å². The van der Waals surface area contributed by atoms with Crippen molar-refractivity contribution in [3.63, 3.8) is 0 Å². The molecule has 35 heavy (non-hydrogen) atoms. The van der Waals surface area contributed by atoms with Gasteiger partial charge in [0.05, 0.1) is 6.54 Å². The fraction of sp³-hybridized carbons (Fsp3) is 0.538. The Bertz CT molecular complexity index is 1110. The minimum absolute atomic E-state index is 0.0277. The molecule has 186 valence electrons. The summed E-state index contributed by atoms with van der Waals surface area (Å²) in [6.45, 7) is 10.4. The van der Waals surface area contributed by atoms with Gasteiger partial charge < -0.3 is 19.6 Å². The third-order valence-electron chi connectivity index (χ3n) is 7.16. The van der Waals surface area contributed by atoms with E-state index in [-0.39, 0.29) is 17.9 Å². The summed E-state index contributed by atoms with van der Waals surface area (Å²) in [5.74, 6) is 2.14. The standard InChI is InChI=1S/C26H33ClN6O2/c1-17(2)33-16-22-23(25(33)35)28-26(31-12-10-30(11-13-31)18(3)34)29-24(22)32(14-19-4-5-19)15-20-6-8-21(27)9-7-20/h6-9,17,19H,4-5,10-16H2,1-3H3. The SMILES string of the molecule is CC(=O)N1CCN(c2nc3c(c(N(Cc4ccc(Cl)cc4)CC4CC4)n2)CN(C(C)C)C3=O)CC1. The molecule has 8 nitrogen and oxygen atoms in total. The van der Waals surface area contributed by atoms with Crippen LogP contribution in [-0.4, -0.2) is 70.3 Å². The molecule has 2 aliphatic heterocycles. The van der Waals surface area contributed by atoms with Crippen LogP contribution < -0.4 is 9.80 Å². The monoisotopic (exact) mass is 496 g/mol. The Hall–Kier alpha value is -2.87. The maximum Gasteiger partial charge on any atom is 0.273 e. The van der Waals surface area contributed by atoms with Gasteiger partial charge >= 0.3 is 0 Å². The van der Waals surface area contributed by atoms with Crippen LogP contribution in [0.3, 0.4) is 0 Å². The zero-order valence-corrected chi connectivity index (χ0v) is 21.5. The molecule has 2 aromatic rings. The van der Waals surface area contributed by atoms with Crippen LogP contribution in [0.5, 0.6) is 0 Å². The molecule has 0 spiro atoms. The molecule has 5 rings (SSSR count). The second-order valence-corrected chi connectivity index (χ2v) is 10.6. The number of halogens is 1. The summed E-state index contributed by atoms with van der Waals surface area (Å²) in [5, 5.41) is 0.718. The van der Waals surface area contributed by atoms with E-state index in [1.165, 1.54) is 12.8 Å². The van der Waals surface area contributed by atoms with Crippen LogP contribution in [-0.2, 0) is 17.9 Å². The van der Waals surface area contributed by atoms with Crippen LogP contribution in [0.4, 0.5) is 11.8 Å². The molecule has 3 heterocycles. The number of amides is 2. The molecule has 1 aromatic heterocycles. The van der Waals surface area contributed by atoms with E-state index in [1.807, 2.05) is 35.8 Å². The van der Waals surface area contributed by atoms with Crippen molar-refractivity contribution in [2.24, 2.45) is 5.92 Å². The Morgan fingerprint density at radius 3 is 2.40 bits per heavy atom. The molecule has 0 atom stereocenters. The van der Waals surface area contributed by atoms with E-state index in [0.29, 0.717) is 56.8 Å². The highest BCUT2D eigenvalue weighted by Gasteiger charge is 2.37. The lowest BCUT2D eigenvalue weighted by Crippen LogP contribution is -2.48. The summed E-state index contributed by atoms with van der Waals surface area (Å²) < 4.78 is 0. The number of piperazine rings is 1. The molecule has 9 heteroatoms. The van der Waals surface area contributed by atoms with E-state index in [4.69, 9.17) is 21.6 Å². The number of fused-ring (bicyclic) bond motifs is 1. The van der Waals surface area contributed by atoms with Crippen LogP contribution in [0.15, 0.2) is 24.3 Å². The first kappa shape index (κ1) is 23.9. The van der Waals surface area contributed by atoms with Crippen molar-refractivity contribution in [1.29, 1.82) is 0 Å². The average Bonchev–Trinajstić information content (AvgIpc) is 3.60. The van der Waals surface area contributed by atoms with E-state index in [9.17, 15) is 9.59 Å². The van der Waals surface area contributed by atoms with Gasteiger partial charge in [-0.2, -0.15) is 4.98 Å². The number of hydrogen-bond acceptors (Lipinski definition) is 6. The van der Waals surface area contributed by atoms with Gasteiger partial charge in [-0.3, -0.25) is 9.59 Å². The highest BCUT2D eigenvalue weighted by Crippen LogP contribution is 2.37. The normalized spacial score (nSPS) is 17.9. The van der Waals surface area contributed by atoms with E-state index in [2.05, 4.69) is 21.9 Å². The topological polar surface area (TPSA) is 72.9 Å². The van der Waals surface area contributed by atoms with Gasteiger partial charge in [0.25, 0.3) is 5.91 Å². The maximum absolute atomic E-state index is 13.4. The summed E-state index contributed by atoms with van der Waals surface area (Å²) in [7, 11) is 0. The lowest BCUT2D eigenvalue weighted by atomic mass is 10.1. The van der Waals surface area contributed by atoms with E-state index < -0.39 is 0 Å². The minimum Gasteiger partial charge on any atom is -0.352 e. The summed E-state index contributed by atoms with van der Waals surface area (Å²) >= 11 is 6.13. The van der Waals surface area contributed by atoms with Gasteiger partial charge in [0, 0.05) is 62.8 Å². The van der Waals surface area contributed by atoms with Gasteiger partial charge in [-0.05, 0) is 50.3 Å². The number of aromatic nitrogens is 2. The number of rotatable bonds is 7. The first-order chi connectivity index (χ1) is 16.8. The van der Waals surface area contributed by atoms with Gasteiger partial charge in [-0.25, -0.2) is 4.98 Å². The smallest absolute Gasteiger partial charge is 0.273 e. The fourth-order valence-electron chi connectivity index (χ4n) is 4.85. The van der Waals surface area contributed by atoms with Crippen LogP contribution in [0.25, 0.3) is 0 Å². The Labute approximate surface area is 211 Å². The Morgan fingerprint density at radius 2 is 1.80 bits per heavy atom. The van der Waals surface area contributed by atoms with Crippen LogP contribution in [0.2, 0.25) is 5.02 Å². The molecular weight excluding hydrogens is 464 g/mol. The number of carbonyl (C=O) groups excluding carboxylic acids is 2. The molecule has 1 aliphatic carbocycles. The van der Waals surface area contributed by atoms with Crippen molar-refractivity contribution in [3.8, 4) is 0 Å². The van der Waals surface area contributed by atoms with Gasteiger partial charge in [0.1, 0.15) is 11.5 Å². The predicted octanol–water partition coefficient (Wildman–Crippen LogP) is 3.58. The Kier molecular flexibility index (Phi) is 6.57. The van der Waals surface area contributed by atoms with Crippen LogP contribution in [0, 0.1) is 5.92 Å². The van der Waals surface area contributed by atoms with E-state index >= 15 is 0 Å². The second kappa shape index (κ2) is 9.64. The molecule has 3 aliphatic rings. The molecule has 1 saturated heterocycles. The van der Waals surface area contributed by atoms with Crippen molar-refractivity contribution >= 4 is 35.2 Å². The highest BCUT2D eigenvalue weighted by atomic mass is 35.5. The number of carbonyl (C=O) groups is 2. The van der Waals surface area contributed by atoms with E-state index in [1.54, 1.807) is 6.92 Å². The lowest BCUT2D eigenvalue weighted by molar-refractivity contribution is -0.129. The molecule has 0 unspecified atom stereocenters. The van der Waals surface area contributed by atoms with Gasteiger partial charge in [-0.1, -0.05) is 23.7 Å². The van der Waals surface area contributed by atoms with Gasteiger partial charge in [0.2, 0.25) is 11.9 Å². The predicted molar refractivity (Wildman–Crippen MR) is 137 cm³/mol. The highest BCUT2D eigenvalue weighted by molar-refractivity contribution is 6.30. The average molecular weight is 497 g/mol. The lowest BCUT2D eigenvalue weighted by Gasteiger charge is -2.35. The molecule has 0 bridgehead atoms. The van der Waals surface area contributed by atoms with Gasteiger partial charge in [-0.15, -0.1) is 0 Å². The molecular formula is C26H33ClN6O2. The largest absolute Gasteiger partial charge is 0.352 e. The fourth-order valence-corrected chi connectivity index (χ4v) is 4.98. The van der Waals surface area contributed by atoms with Crippen molar-refractivity contribution in [2.75, 3.05) is 42.5 Å². The summed E-state index contributed by atoms with van der Waals surface area (Å²) in [6.07, 6.45) is 2.45. The molecule has 2 fully saturated rings. The second-order valence-electron chi connectivity index (χ2n) is 10.1. The summed E-state index contributed by atoms with van der Waals surface area (Å²) in [5.41, 5.74) is 2.60. The number of nitrogens with zero attached hydrogens (tertiary/aromatic N) is 6. The summed E-state index contributed by atoms with van der Waals surface area (Å²) in [4.78, 5) is 43.2. The third kappa shape index (κ3) is 5.08. The van der Waals surface area contributed by atoms with Crippen LogP contribution in [0.1, 0.15) is 55.2 Å². The Morgan fingerprint density at radius 1 is 1.11 bits per heavy atom. The maximum atomic E-state index is 13.4. The molecule has 1 saturated carbocycles.